The number of aldehydes is 1. The van der Waals surface area contributed by atoms with Crippen molar-refractivity contribution >= 4 is 12.3 Å². The maximum atomic E-state index is 9.93. The van der Waals surface area contributed by atoms with Crippen LogP contribution in [0.15, 0.2) is 12.2 Å². The summed E-state index contributed by atoms with van der Waals surface area (Å²) in [6.07, 6.45) is 13.3. The van der Waals surface area contributed by atoms with Gasteiger partial charge >= 0.3 is 5.97 Å². The summed E-state index contributed by atoms with van der Waals surface area (Å²) in [6, 6.07) is 0. The van der Waals surface area contributed by atoms with Crippen molar-refractivity contribution in [3.8, 4) is 0 Å². The molecule has 0 aliphatic carbocycles. The molecule has 2 atom stereocenters. The molecule has 0 amide bonds. The van der Waals surface area contributed by atoms with E-state index in [1.165, 1.54) is 32.1 Å². The zero-order chi connectivity index (χ0) is 24.3. The lowest BCUT2D eigenvalue weighted by atomic mass is 9.94. The van der Waals surface area contributed by atoms with Gasteiger partial charge in [0.25, 0.3) is 0 Å². The van der Waals surface area contributed by atoms with E-state index >= 15 is 0 Å². The molecule has 3 nitrogen and oxygen atoms in total. The number of carbonyl (C=O) groups excluding carboxylic acids is 1. The predicted octanol–water partition coefficient (Wildman–Crippen LogP) is 8.96. The smallest absolute Gasteiger partial charge is 0.306 e. The van der Waals surface area contributed by atoms with Crippen LogP contribution in [-0.2, 0) is 9.59 Å². The quantitative estimate of drug-likeness (QED) is 0.333. The Bertz CT molecular complexity index is 319. The Hall–Kier alpha value is -1.12. The summed E-state index contributed by atoms with van der Waals surface area (Å²) in [5, 5.41) is 8.18. The fraction of sp³-hybridized carbons (Fsp3) is 0.846. The van der Waals surface area contributed by atoms with E-state index in [4.69, 9.17) is 5.11 Å². The van der Waals surface area contributed by atoms with Crippen molar-refractivity contribution in [1.82, 2.24) is 0 Å². The van der Waals surface area contributed by atoms with Crippen LogP contribution in [0, 0.1) is 17.3 Å². The Morgan fingerprint density at radius 3 is 1.21 bits per heavy atom. The zero-order valence-electron chi connectivity index (χ0n) is 22.1. The van der Waals surface area contributed by atoms with Crippen molar-refractivity contribution in [2.75, 3.05) is 0 Å². The van der Waals surface area contributed by atoms with Crippen LogP contribution in [0.2, 0.25) is 0 Å². The molecule has 0 saturated carbocycles. The molecular formula is C26H56O3. The van der Waals surface area contributed by atoms with Crippen LogP contribution in [0.3, 0.4) is 0 Å². The second-order valence-electron chi connectivity index (χ2n) is 8.37. The van der Waals surface area contributed by atoms with Crippen LogP contribution in [-0.4, -0.2) is 17.4 Å². The van der Waals surface area contributed by atoms with Gasteiger partial charge in [-0.25, -0.2) is 0 Å². The maximum absolute atomic E-state index is 9.93. The Morgan fingerprint density at radius 2 is 1.17 bits per heavy atom. The second kappa shape index (κ2) is 31.6. The van der Waals surface area contributed by atoms with E-state index in [9.17, 15) is 9.59 Å². The highest BCUT2D eigenvalue weighted by atomic mass is 16.4. The highest BCUT2D eigenvalue weighted by Gasteiger charge is 2.05. The molecule has 0 aromatic carbocycles. The normalized spacial score (nSPS) is 11.7. The lowest BCUT2D eigenvalue weighted by Gasteiger charge is -2.12. The number of carboxylic acid groups (broad SMARTS) is 1. The first-order chi connectivity index (χ1) is 13.4. The van der Waals surface area contributed by atoms with Crippen LogP contribution in [0.1, 0.15) is 128 Å². The van der Waals surface area contributed by atoms with Crippen molar-refractivity contribution in [2.45, 2.75) is 128 Å². The summed E-state index contributed by atoms with van der Waals surface area (Å²) >= 11 is 0. The molecule has 0 rings (SSSR count). The fourth-order valence-corrected chi connectivity index (χ4v) is 0.604. The van der Waals surface area contributed by atoms with Crippen molar-refractivity contribution < 1.29 is 14.7 Å². The molecule has 0 aromatic rings. The summed E-state index contributed by atoms with van der Waals surface area (Å²) in [6.45, 7) is 25.1. The number of unbranched alkanes of at least 4 members (excludes halogenated alkanes) is 1. The summed E-state index contributed by atoms with van der Waals surface area (Å²) in [7, 11) is 0. The number of hydrogen-bond acceptors (Lipinski definition) is 2. The molecular weight excluding hydrogens is 360 g/mol. The minimum Gasteiger partial charge on any atom is -0.481 e. The van der Waals surface area contributed by atoms with Gasteiger partial charge in [-0.3, -0.25) is 4.79 Å². The van der Waals surface area contributed by atoms with Gasteiger partial charge in [0.1, 0.15) is 6.29 Å². The Morgan fingerprint density at radius 1 is 0.828 bits per heavy atom. The summed E-state index contributed by atoms with van der Waals surface area (Å²) < 4.78 is 0. The van der Waals surface area contributed by atoms with E-state index in [-0.39, 0.29) is 11.8 Å². The van der Waals surface area contributed by atoms with Crippen LogP contribution in [0.4, 0.5) is 0 Å². The van der Waals surface area contributed by atoms with Crippen LogP contribution < -0.4 is 0 Å². The third-order valence-corrected chi connectivity index (χ3v) is 4.11. The fourth-order valence-electron chi connectivity index (χ4n) is 0.604. The molecule has 0 aromatic heterocycles. The van der Waals surface area contributed by atoms with Gasteiger partial charge in [0.15, 0.2) is 0 Å². The second-order valence-corrected chi connectivity index (χ2v) is 8.37. The molecule has 0 aliphatic heterocycles. The topological polar surface area (TPSA) is 54.4 Å². The number of carboxylic acids is 1. The van der Waals surface area contributed by atoms with Gasteiger partial charge in [0, 0.05) is 5.92 Å². The average Bonchev–Trinajstić information content (AvgIpc) is 2.71. The molecule has 0 fully saturated rings. The standard InChI is InChI=1S/C6H14.C6H12.C5H10O2.C5H10O.C4H10/c1-5-6(2,3)4;1-3-5-6-4-2;1-3-4(2)5(6)7;1-3-5(2)4-6;1-3-4-2/h5H2,1-4H3;5-6H,3-4H2,1-2H3;4H,3H2,1-2H3,(H,6,7);4-5H,3H2,1-2H3;3-4H2,1-2H3. The van der Waals surface area contributed by atoms with E-state index in [0.717, 1.165) is 19.1 Å². The number of aliphatic carboxylic acids is 1. The van der Waals surface area contributed by atoms with Gasteiger partial charge in [-0.2, -0.15) is 0 Å². The van der Waals surface area contributed by atoms with Crippen LogP contribution in [0.5, 0.6) is 0 Å². The van der Waals surface area contributed by atoms with Gasteiger partial charge in [-0.1, -0.05) is 114 Å². The number of hydrogen-bond donors (Lipinski definition) is 1. The first-order valence-electron chi connectivity index (χ1n) is 11.7. The Balaban J connectivity index is -0.0000000836. The SMILES string of the molecule is CCC(C)(C)C.CCC(C)C(=O)O.CCC(C)C=O.CCC=CCC.CCCC. The van der Waals surface area contributed by atoms with E-state index < -0.39 is 5.97 Å². The van der Waals surface area contributed by atoms with E-state index in [1.54, 1.807) is 6.92 Å². The molecule has 1 N–H and O–H groups in total. The minimum absolute atomic E-state index is 0.181. The lowest BCUT2D eigenvalue weighted by Crippen LogP contribution is -2.06. The van der Waals surface area contributed by atoms with Crippen molar-refractivity contribution in [2.24, 2.45) is 17.3 Å². The van der Waals surface area contributed by atoms with Gasteiger partial charge in [-0.15, -0.1) is 0 Å². The number of carbonyl (C=O) groups is 2. The first kappa shape index (κ1) is 38.5. The predicted molar refractivity (Wildman–Crippen MR) is 133 cm³/mol. The van der Waals surface area contributed by atoms with E-state index in [2.05, 4.69) is 67.5 Å². The average molecular weight is 417 g/mol. The molecule has 3 heteroatoms. The monoisotopic (exact) mass is 416 g/mol. The Kier molecular flexibility index (Phi) is 41.9. The largest absolute Gasteiger partial charge is 0.481 e. The molecule has 2 unspecified atom stereocenters. The number of allylic oxidation sites excluding steroid dienone is 2. The molecule has 0 saturated heterocycles. The number of rotatable bonds is 7. The first-order valence-corrected chi connectivity index (χ1v) is 11.7. The summed E-state index contributed by atoms with van der Waals surface area (Å²) in [4.78, 5) is 19.7. The van der Waals surface area contributed by atoms with Gasteiger partial charge in [0.2, 0.25) is 0 Å². The zero-order valence-corrected chi connectivity index (χ0v) is 22.1. The van der Waals surface area contributed by atoms with Crippen molar-refractivity contribution in [3.05, 3.63) is 12.2 Å². The minimum atomic E-state index is -0.706. The highest BCUT2D eigenvalue weighted by Crippen LogP contribution is 2.16. The van der Waals surface area contributed by atoms with Gasteiger partial charge in [-0.05, 0) is 31.1 Å². The van der Waals surface area contributed by atoms with Crippen LogP contribution in [0.25, 0.3) is 0 Å². The summed E-state index contributed by atoms with van der Waals surface area (Å²) in [5.41, 5.74) is 0.542. The van der Waals surface area contributed by atoms with E-state index in [0.29, 0.717) is 5.41 Å². The lowest BCUT2D eigenvalue weighted by molar-refractivity contribution is -0.141. The molecule has 0 spiro atoms. The maximum Gasteiger partial charge on any atom is 0.306 e. The molecule has 0 bridgehead atoms. The highest BCUT2D eigenvalue weighted by molar-refractivity contribution is 5.69. The van der Waals surface area contributed by atoms with Gasteiger partial charge in [0.05, 0.1) is 5.92 Å². The van der Waals surface area contributed by atoms with Crippen molar-refractivity contribution in [1.29, 1.82) is 0 Å². The molecule has 0 aliphatic rings. The Labute approximate surface area is 184 Å². The molecule has 0 heterocycles. The molecule has 178 valence electrons. The van der Waals surface area contributed by atoms with Gasteiger partial charge < -0.3 is 9.90 Å². The van der Waals surface area contributed by atoms with Crippen molar-refractivity contribution in [3.63, 3.8) is 0 Å². The third-order valence-electron chi connectivity index (χ3n) is 4.11. The van der Waals surface area contributed by atoms with E-state index in [1.807, 2.05) is 20.8 Å². The summed E-state index contributed by atoms with van der Waals surface area (Å²) in [5.74, 6) is -0.632. The molecule has 29 heavy (non-hydrogen) atoms. The molecule has 0 radical (unpaired) electrons. The van der Waals surface area contributed by atoms with Crippen LogP contribution >= 0.6 is 0 Å². The third kappa shape index (κ3) is 66.0.